The van der Waals surface area contributed by atoms with E-state index < -0.39 is 17.6 Å². The second kappa shape index (κ2) is 10.0. The van der Waals surface area contributed by atoms with E-state index in [1.165, 1.54) is 10.7 Å². The van der Waals surface area contributed by atoms with E-state index in [1.54, 1.807) is 0 Å². The molecule has 4 rings (SSSR count). The summed E-state index contributed by atoms with van der Waals surface area (Å²) >= 11 is 1.11. The number of likely N-dealkylation sites (N-methyl/N-ethyl adjacent to an activating group) is 1. The number of aromatic nitrogens is 4. The van der Waals surface area contributed by atoms with Crippen LogP contribution in [0.4, 0.5) is 24.5 Å². The number of para-hydroxylation sites is 1. The summed E-state index contributed by atoms with van der Waals surface area (Å²) in [5.74, 6) is -0.510. The largest absolute Gasteiger partial charge is 0.416 e. The number of nitrogens with zero attached hydrogens (tertiary/aromatic N) is 6. The molecule has 1 saturated heterocycles. The quantitative estimate of drug-likeness (QED) is 0.529. The van der Waals surface area contributed by atoms with E-state index in [4.69, 9.17) is 0 Å². The van der Waals surface area contributed by atoms with Gasteiger partial charge in [0.05, 0.1) is 28.4 Å². The fourth-order valence-electron chi connectivity index (χ4n) is 3.67. The Morgan fingerprint density at radius 1 is 1.09 bits per heavy atom. The first-order valence-corrected chi connectivity index (χ1v) is 11.6. The van der Waals surface area contributed by atoms with Crippen LogP contribution < -0.4 is 10.2 Å². The van der Waals surface area contributed by atoms with Crippen LogP contribution >= 0.6 is 11.8 Å². The fourth-order valence-corrected chi connectivity index (χ4v) is 4.36. The summed E-state index contributed by atoms with van der Waals surface area (Å²) in [6.07, 6.45) is -4.51. The number of aryl methyl sites for hydroxylation is 1. The second-order valence-electron chi connectivity index (χ2n) is 8.02. The van der Waals surface area contributed by atoms with Crippen LogP contribution in [0.3, 0.4) is 0 Å². The number of tetrazole rings is 1. The molecule has 12 heteroatoms. The molecule has 2 aromatic carbocycles. The van der Waals surface area contributed by atoms with Crippen molar-refractivity contribution in [2.24, 2.45) is 0 Å². The van der Waals surface area contributed by atoms with E-state index in [0.29, 0.717) is 23.9 Å². The van der Waals surface area contributed by atoms with E-state index in [0.717, 1.165) is 48.2 Å². The number of amides is 1. The lowest BCUT2D eigenvalue weighted by atomic mass is 10.1. The molecule has 180 valence electrons. The van der Waals surface area contributed by atoms with E-state index in [2.05, 4.69) is 25.7 Å². The molecule has 1 aliphatic heterocycles. The maximum atomic E-state index is 13.3. The van der Waals surface area contributed by atoms with Gasteiger partial charge in [0, 0.05) is 26.2 Å². The highest BCUT2D eigenvalue weighted by Crippen LogP contribution is 2.36. The highest BCUT2D eigenvalue weighted by molar-refractivity contribution is 7.99. The van der Waals surface area contributed by atoms with Gasteiger partial charge in [-0.25, -0.2) is 0 Å². The van der Waals surface area contributed by atoms with Gasteiger partial charge in [0.25, 0.3) is 0 Å². The van der Waals surface area contributed by atoms with Crippen LogP contribution in [-0.2, 0) is 11.0 Å². The average molecular weight is 492 g/mol. The summed E-state index contributed by atoms with van der Waals surface area (Å²) < 4.78 is 41.6. The SMILES string of the molecule is Cc1ccccc1-n1nnnc1SCC(=O)Nc1cc(C(F)(F)F)ccc1N1CCN(C)CC1. The normalized spacial score (nSPS) is 14.9. The topological polar surface area (TPSA) is 79.2 Å². The molecule has 8 nitrogen and oxygen atoms in total. The van der Waals surface area contributed by atoms with Gasteiger partial charge in [-0.3, -0.25) is 4.79 Å². The molecule has 3 aromatic rings. The molecule has 2 heterocycles. The van der Waals surface area contributed by atoms with E-state index in [-0.39, 0.29) is 11.4 Å². The molecule has 1 N–H and O–H groups in total. The lowest BCUT2D eigenvalue weighted by Crippen LogP contribution is -2.44. The molecule has 0 radical (unpaired) electrons. The van der Waals surface area contributed by atoms with Gasteiger partial charge >= 0.3 is 6.18 Å². The zero-order valence-corrected chi connectivity index (χ0v) is 19.5. The number of piperazine rings is 1. The van der Waals surface area contributed by atoms with Crippen LogP contribution in [0.15, 0.2) is 47.6 Å². The molecule has 0 atom stereocenters. The van der Waals surface area contributed by atoms with Gasteiger partial charge in [-0.1, -0.05) is 30.0 Å². The van der Waals surface area contributed by atoms with Crippen molar-refractivity contribution < 1.29 is 18.0 Å². The molecule has 0 saturated carbocycles. The van der Waals surface area contributed by atoms with Crippen LogP contribution in [0.25, 0.3) is 5.69 Å². The summed E-state index contributed by atoms with van der Waals surface area (Å²) in [6.45, 7) is 4.80. The third-order valence-electron chi connectivity index (χ3n) is 5.56. The molecule has 0 aliphatic carbocycles. The molecule has 0 spiro atoms. The third-order valence-corrected chi connectivity index (χ3v) is 6.48. The molecular weight excluding hydrogens is 467 g/mol. The van der Waals surface area contributed by atoms with Gasteiger partial charge in [-0.2, -0.15) is 17.9 Å². The summed E-state index contributed by atoms with van der Waals surface area (Å²) in [7, 11) is 1.99. The Morgan fingerprint density at radius 2 is 1.82 bits per heavy atom. The summed E-state index contributed by atoms with van der Waals surface area (Å²) in [5.41, 5.74) is 1.65. The van der Waals surface area contributed by atoms with Crippen molar-refractivity contribution in [3.63, 3.8) is 0 Å². The number of rotatable bonds is 6. The predicted molar refractivity (Wildman–Crippen MR) is 124 cm³/mol. The molecule has 1 fully saturated rings. The first-order chi connectivity index (χ1) is 16.2. The number of nitrogens with one attached hydrogen (secondary N) is 1. The number of anilines is 2. The van der Waals surface area contributed by atoms with Crippen molar-refractivity contribution in [3.05, 3.63) is 53.6 Å². The Hall–Kier alpha value is -3.12. The number of benzene rings is 2. The van der Waals surface area contributed by atoms with Crippen LogP contribution in [0.5, 0.6) is 0 Å². The Bertz CT molecular complexity index is 1160. The molecule has 1 aromatic heterocycles. The number of halogens is 3. The minimum absolute atomic E-state index is 0.0648. The van der Waals surface area contributed by atoms with Gasteiger partial charge in [-0.15, -0.1) is 5.10 Å². The van der Waals surface area contributed by atoms with Gasteiger partial charge in [0.15, 0.2) is 0 Å². The molecule has 34 heavy (non-hydrogen) atoms. The fraction of sp³-hybridized carbons (Fsp3) is 0.364. The number of carbonyl (C=O) groups excluding carboxylic acids is 1. The van der Waals surface area contributed by atoms with Gasteiger partial charge in [-0.05, 0) is 54.2 Å². The van der Waals surface area contributed by atoms with Crippen molar-refractivity contribution in [3.8, 4) is 5.69 Å². The van der Waals surface area contributed by atoms with E-state index >= 15 is 0 Å². The summed E-state index contributed by atoms with van der Waals surface area (Å²) in [6, 6.07) is 11.0. The van der Waals surface area contributed by atoms with Crippen LogP contribution in [-0.4, -0.2) is 70.0 Å². The standard InChI is InChI=1S/C22H24F3N7OS/c1-15-5-3-4-6-18(15)32-21(27-28-29-32)34-14-20(33)26-17-13-16(22(23,24)25)7-8-19(17)31-11-9-30(2)10-12-31/h3-8,13H,9-12,14H2,1-2H3,(H,26,33). The van der Waals surface area contributed by atoms with Crippen molar-refractivity contribution in [1.29, 1.82) is 0 Å². The zero-order valence-electron chi connectivity index (χ0n) is 18.7. The number of alkyl halides is 3. The first kappa shape index (κ1) is 24.0. The molecule has 0 bridgehead atoms. The van der Waals surface area contributed by atoms with Crippen molar-refractivity contribution in [1.82, 2.24) is 25.1 Å². The van der Waals surface area contributed by atoms with Crippen molar-refractivity contribution >= 4 is 29.0 Å². The number of hydrogen-bond donors (Lipinski definition) is 1. The van der Waals surface area contributed by atoms with Gasteiger partial charge in [0.1, 0.15) is 0 Å². The zero-order chi connectivity index (χ0) is 24.3. The number of hydrogen-bond acceptors (Lipinski definition) is 7. The Morgan fingerprint density at radius 3 is 2.53 bits per heavy atom. The van der Waals surface area contributed by atoms with Crippen LogP contribution in [0.1, 0.15) is 11.1 Å². The van der Waals surface area contributed by atoms with Crippen LogP contribution in [0.2, 0.25) is 0 Å². The smallest absolute Gasteiger partial charge is 0.367 e. The Kier molecular flexibility index (Phi) is 7.08. The maximum Gasteiger partial charge on any atom is 0.416 e. The number of thioether (sulfide) groups is 1. The minimum Gasteiger partial charge on any atom is -0.367 e. The van der Waals surface area contributed by atoms with Crippen LogP contribution in [0, 0.1) is 6.92 Å². The maximum absolute atomic E-state index is 13.3. The summed E-state index contributed by atoms with van der Waals surface area (Å²) in [4.78, 5) is 16.9. The lowest BCUT2D eigenvalue weighted by molar-refractivity contribution is -0.137. The third kappa shape index (κ3) is 5.50. The predicted octanol–water partition coefficient (Wildman–Crippen LogP) is 3.47. The highest BCUT2D eigenvalue weighted by Gasteiger charge is 2.32. The van der Waals surface area contributed by atoms with Gasteiger partial charge < -0.3 is 15.1 Å². The molecular formula is C22H24F3N7OS. The molecule has 1 amide bonds. The Balaban J connectivity index is 1.50. The van der Waals surface area contributed by atoms with Crippen molar-refractivity contribution in [2.75, 3.05) is 49.2 Å². The summed E-state index contributed by atoms with van der Waals surface area (Å²) in [5, 5.41) is 14.8. The average Bonchev–Trinajstić information content (AvgIpc) is 3.26. The first-order valence-electron chi connectivity index (χ1n) is 10.6. The lowest BCUT2D eigenvalue weighted by Gasteiger charge is -2.35. The monoisotopic (exact) mass is 491 g/mol. The second-order valence-corrected chi connectivity index (χ2v) is 8.96. The van der Waals surface area contributed by atoms with E-state index in [9.17, 15) is 18.0 Å². The highest BCUT2D eigenvalue weighted by atomic mass is 32.2. The van der Waals surface area contributed by atoms with Crippen molar-refractivity contribution in [2.45, 2.75) is 18.3 Å². The molecule has 1 aliphatic rings. The molecule has 0 unspecified atom stereocenters. The van der Waals surface area contributed by atoms with E-state index in [1.807, 2.05) is 43.1 Å². The number of carbonyl (C=O) groups is 1. The Labute approximate surface area is 199 Å². The minimum atomic E-state index is -4.51. The van der Waals surface area contributed by atoms with Gasteiger partial charge in [0.2, 0.25) is 11.1 Å².